The van der Waals surface area contributed by atoms with E-state index in [4.69, 9.17) is 9.47 Å². The fourth-order valence-corrected chi connectivity index (χ4v) is 1.62. The van der Waals surface area contributed by atoms with Crippen molar-refractivity contribution < 1.29 is 9.47 Å². The molecule has 0 amide bonds. The maximum atomic E-state index is 5.68. The molecule has 0 aromatic heterocycles. The van der Waals surface area contributed by atoms with Gasteiger partial charge in [-0.15, -0.1) is 5.92 Å². The fraction of sp³-hybridized carbons (Fsp3) is 0.500. The molecule has 0 saturated heterocycles. The third kappa shape index (κ3) is 5.67. The molecular weight excluding hydrogens is 238 g/mol. The Hall–Kier alpha value is -1.66. The van der Waals surface area contributed by atoms with Crippen LogP contribution in [0.1, 0.15) is 26.3 Å². The fourth-order valence-electron chi connectivity index (χ4n) is 1.62. The first kappa shape index (κ1) is 15.4. The summed E-state index contributed by atoms with van der Waals surface area (Å²) < 4.78 is 10.9. The molecule has 0 spiro atoms. The maximum absolute atomic E-state index is 5.68. The van der Waals surface area contributed by atoms with E-state index >= 15 is 0 Å². The number of hydrogen-bond acceptors (Lipinski definition) is 3. The Morgan fingerprint density at radius 3 is 2.74 bits per heavy atom. The van der Waals surface area contributed by atoms with Crippen LogP contribution in [0.25, 0.3) is 0 Å². The van der Waals surface area contributed by atoms with Gasteiger partial charge in [-0.05, 0) is 25.5 Å². The summed E-state index contributed by atoms with van der Waals surface area (Å²) in [5.74, 6) is 7.99. The number of benzene rings is 1. The molecule has 0 heterocycles. The van der Waals surface area contributed by atoms with Gasteiger partial charge in [0.05, 0.1) is 7.11 Å². The molecule has 0 atom stereocenters. The van der Waals surface area contributed by atoms with Crippen molar-refractivity contribution in [1.82, 2.24) is 5.32 Å². The van der Waals surface area contributed by atoms with Gasteiger partial charge in [-0.1, -0.05) is 25.8 Å². The average Bonchev–Trinajstić information content (AvgIpc) is 2.40. The summed E-state index contributed by atoms with van der Waals surface area (Å²) in [6.07, 6.45) is 0. The van der Waals surface area contributed by atoms with E-state index in [0.717, 1.165) is 30.2 Å². The van der Waals surface area contributed by atoms with E-state index in [0.29, 0.717) is 12.5 Å². The first-order chi connectivity index (χ1) is 9.17. The maximum Gasteiger partial charge on any atom is 0.149 e. The van der Waals surface area contributed by atoms with Crippen LogP contribution in [-0.4, -0.2) is 20.3 Å². The predicted octanol–water partition coefficient (Wildman–Crippen LogP) is 2.84. The van der Waals surface area contributed by atoms with Gasteiger partial charge in [0.25, 0.3) is 0 Å². The lowest BCUT2D eigenvalue weighted by atomic mass is 10.1. The van der Waals surface area contributed by atoms with Crippen LogP contribution in [0.2, 0.25) is 0 Å². The molecule has 0 radical (unpaired) electrons. The van der Waals surface area contributed by atoms with E-state index in [1.54, 1.807) is 14.0 Å². The lowest BCUT2D eigenvalue weighted by molar-refractivity contribution is 0.357. The lowest BCUT2D eigenvalue weighted by Gasteiger charge is -2.13. The molecule has 19 heavy (non-hydrogen) atoms. The Morgan fingerprint density at radius 1 is 1.32 bits per heavy atom. The van der Waals surface area contributed by atoms with Gasteiger partial charge in [0, 0.05) is 18.2 Å². The zero-order chi connectivity index (χ0) is 14.1. The van der Waals surface area contributed by atoms with E-state index in [-0.39, 0.29) is 0 Å². The van der Waals surface area contributed by atoms with Gasteiger partial charge in [0.15, 0.2) is 0 Å². The first-order valence-electron chi connectivity index (χ1n) is 6.57. The Morgan fingerprint density at radius 2 is 2.11 bits per heavy atom. The van der Waals surface area contributed by atoms with Crippen LogP contribution in [0.5, 0.6) is 11.5 Å². The predicted molar refractivity (Wildman–Crippen MR) is 78.5 cm³/mol. The van der Waals surface area contributed by atoms with Crippen molar-refractivity contribution >= 4 is 0 Å². The third-order valence-corrected chi connectivity index (χ3v) is 2.62. The van der Waals surface area contributed by atoms with Gasteiger partial charge in [-0.25, -0.2) is 0 Å². The minimum Gasteiger partial charge on any atom is -0.497 e. The highest BCUT2D eigenvalue weighted by atomic mass is 16.5. The van der Waals surface area contributed by atoms with Crippen molar-refractivity contribution in [2.75, 3.05) is 20.3 Å². The molecule has 1 aromatic rings. The summed E-state index contributed by atoms with van der Waals surface area (Å²) in [5.41, 5.74) is 1.12. The second-order valence-corrected chi connectivity index (χ2v) is 4.71. The molecule has 104 valence electrons. The van der Waals surface area contributed by atoms with Crippen molar-refractivity contribution in [3.63, 3.8) is 0 Å². The first-order valence-corrected chi connectivity index (χ1v) is 6.57. The van der Waals surface area contributed by atoms with Gasteiger partial charge in [0.1, 0.15) is 18.1 Å². The third-order valence-electron chi connectivity index (χ3n) is 2.62. The van der Waals surface area contributed by atoms with E-state index in [1.807, 2.05) is 18.2 Å². The summed E-state index contributed by atoms with van der Waals surface area (Å²) in [7, 11) is 1.65. The molecule has 0 aliphatic rings. The van der Waals surface area contributed by atoms with E-state index in [9.17, 15) is 0 Å². The van der Waals surface area contributed by atoms with Crippen molar-refractivity contribution in [1.29, 1.82) is 0 Å². The quantitative estimate of drug-likeness (QED) is 0.766. The molecule has 0 saturated carbocycles. The Labute approximate surface area is 116 Å². The molecule has 1 rings (SSSR count). The van der Waals surface area contributed by atoms with Crippen LogP contribution >= 0.6 is 0 Å². The molecule has 0 aliphatic heterocycles. The minimum atomic E-state index is 0.404. The molecule has 0 aliphatic carbocycles. The number of hydrogen-bond donors (Lipinski definition) is 1. The van der Waals surface area contributed by atoms with Crippen LogP contribution in [0.15, 0.2) is 18.2 Å². The zero-order valence-corrected chi connectivity index (χ0v) is 12.2. The highest BCUT2D eigenvalue weighted by Crippen LogP contribution is 2.24. The second-order valence-electron chi connectivity index (χ2n) is 4.71. The number of rotatable bonds is 7. The molecule has 1 N–H and O–H groups in total. The molecule has 0 fully saturated rings. The van der Waals surface area contributed by atoms with Crippen molar-refractivity contribution in [3.8, 4) is 23.3 Å². The van der Waals surface area contributed by atoms with E-state index in [1.165, 1.54) is 0 Å². The monoisotopic (exact) mass is 261 g/mol. The van der Waals surface area contributed by atoms with Gasteiger partial charge >= 0.3 is 0 Å². The summed E-state index contributed by atoms with van der Waals surface area (Å²) in [4.78, 5) is 0. The molecule has 3 heteroatoms. The lowest BCUT2D eigenvalue weighted by Crippen LogP contribution is -2.19. The van der Waals surface area contributed by atoms with Crippen molar-refractivity contribution in [3.05, 3.63) is 23.8 Å². The zero-order valence-electron chi connectivity index (χ0n) is 12.2. The van der Waals surface area contributed by atoms with Crippen LogP contribution < -0.4 is 14.8 Å². The highest BCUT2D eigenvalue weighted by molar-refractivity contribution is 5.41. The summed E-state index contributed by atoms with van der Waals surface area (Å²) in [6, 6.07) is 5.88. The normalized spacial score (nSPS) is 9.95. The summed E-state index contributed by atoms with van der Waals surface area (Å²) in [5, 5.41) is 3.41. The summed E-state index contributed by atoms with van der Waals surface area (Å²) >= 11 is 0. The Balaban J connectivity index is 2.72. The van der Waals surface area contributed by atoms with Crippen LogP contribution in [-0.2, 0) is 6.54 Å². The van der Waals surface area contributed by atoms with Gasteiger partial charge in [-0.3, -0.25) is 0 Å². The number of methoxy groups -OCH3 is 1. The Kier molecular flexibility index (Phi) is 6.84. The van der Waals surface area contributed by atoms with Gasteiger partial charge in [0.2, 0.25) is 0 Å². The molecule has 3 nitrogen and oxygen atoms in total. The SMILES string of the molecule is CC#CCOc1cc(OC)ccc1CNCC(C)C. The molecular formula is C16H23NO2. The van der Waals surface area contributed by atoms with Crippen molar-refractivity contribution in [2.24, 2.45) is 5.92 Å². The highest BCUT2D eigenvalue weighted by Gasteiger charge is 2.06. The largest absolute Gasteiger partial charge is 0.497 e. The molecule has 1 aromatic carbocycles. The molecule has 0 unspecified atom stereocenters. The van der Waals surface area contributed by atoms with E-state index in [2.05, 4.69) is 31.0 Å². The number of ether oxygens (including phenoxy) is 2. The Bertz CT molecular complexity index is 444. The standard InChI is InChI=1S/C16H23NO2/c1-5-6-9-19-16-10-15(18-4)8-7-14(16)12-17-11-13(2)3/h7-8,10,13,17H,9,11-12H2,1-4H3. The minimum absolute atomic E-state index is 0.404. The smallest absolute Gasteiger partial charge is 0.149 e. The van der Waals surface area contributed by atoms with Crippen LogP contribution in [0, 0.1) is 17.8 Å². The van der Waals surface area contributed by atoms with Crippen LogP contribution in [0.3, 0.4) is 0 Å². The van der Waals surface area contributed by atoms with Gasteiger partial charge in [-0.2, -0.15) is 0 Å². The van der Waals surface area contributed by atoms with E-state index < -0.39 is 0 Å². The van der Waals surface area contributed by atoms with Crippen LogP contribution in [0.4, 0.5) is 0 Å². The average molecular weight is 261 g/mol. The topological polar surface area (TPSA) is 30.5 Å². The van der Waals surface area contributed by atoms with Gasteiger partial charge < -0.3 is 14.8 Å². The number of nitrogens with one attached hydrogen (secondary N) is 1. The second kappa shape index (κ2) is 8.44. The molecule has 0 bridgehead atoms. The summed E-state index contributed by atoms with van der Waals surface area (Å²) in [6.45, 7) is 8.36. The van der Waals surface area contributed by atoms with Crippen molar-refractivity contribution in [2.45, 2.75) is 27.3 Å².